The molecule has 1 saturated carbocycles. The van der Waals surface area contributed by atoms with Crippen LogP contribution >= 0.6 is 0 Å². The Morgan fingerprint density at radius 1 is 1.08 bits per heavy atom. The maximum atomic E-state index is 12.8. The molecular weight excluding hydrogens is 484 g/mol. The number of para-hydroxylation sites is 1. The molecule has 0 spiro atoms. The molecule has 11 nitrogen and oxygen atoms in total. The molecule has 0 aliphatic heterocycles. The molecule has 2 N–H and O–H groups in total. The summed E-state index contributed by atoms with van der Waals surface area (Å²) in [4.78, 5) is 21.6. The molecule has 1 aromatic carbocycles. The number of hydrogen-bond acceptors (Lipinski definition) is 9. The van der Waals surface area contributed by atoms with E-state index in [0.717, 1.165) is 25.0 Å². The standard InChI is InChI=1S/C27H32N8O3/c1-5-23(36)20-15-28-25(31-24-10-11-35(32-24)17-12-18(13-17)38-6-2)14-22(20)30-21-9-7-8-19(26(21)37-4)27-29-16-34(3)33-27/h7-11,14-18H,5-6,12-13H2,1-4H3,(H2,28,30,31,32). The summed E-state index contributed by atoms with van der Waals surface area (Å²) in [6.45, 7) is 4.58. The van der Waals surface area contributed by atoms with Crippen LogP contribution in [0.1, 0.15) is 49.5 Å². The Kier molecular flexibility index (Phi) is 7.36. The third-order valence-corrected chi connectivity index (χ3v) is 6.57. The van der Waals surface area contributed by atoms with Gasteiger partial charge in [-0.2, -0.15) is 10.2 Å². The number of aryl methyl sites for hydroxylation is 1. The van der Waals surface area contributed by atoms with E-state index in [1.807, 2.05) is 62.1 Å². The van der Waals surface area contributed by atoms with Crippen LogP contribution in [0.2, 0.25) is 0 Å². The number of benzene rings is 1. The Morgan fingerprint density at radius 3 is 2.63 bits per heavy atom. The second-order valence-electron chi connectivity index (χ2n) is 9.15. The van der Waals surface area contributed by atoms with Crippen LogP contribution in [0.25, 0.3) is 11.4 Å². The monoisotopic (exact) mass is 516 g/mol. The minimum Gasteiger partial charge on any atom is -0.494 e. The van der Waals surface area contributed by atoms with Gasteiger partial charge < -0.3 is 20.1 Å². The van der Waals surface area contributed by atoms with Crippen LogP contribution in [0.15, 0.2) is 49.1 Å². The van der Waals surface area contributed by atoms with Gasteiger partial charge in [0.25, 0.3) is 0 Å². The number of hydrogen-bond donors (Lipinski definition) is 2. The molecule has 38 heavy (non-hydrogen) atoms. The predicted octanol–water partition coefficient (Wildman–Crippen LogP) is 4.90. The zero-order chi connectivity index (χ0) is 26.6. The van der Waals surface area contributed by atoms with Gasteiger partial charge in [0, 0.05) is 44.6 Å². The molecule has 3 heterocycles. The van der Waals surface area contributed by atoms with E-state index >= 15 is 0 Å². The van der Waals surface area contributed by atoms with Crippen LogP contribution < -0.4 is 15.4 Å². The molecule has 0 bridgehead atoms. The first-order chi connectivity index (χ1) is 18.5. The van der Waals surface area contributed by atoms with E-state index in [2.05, 4.69) is 30.8 Å². The lowest BCUT2D eigenvalue weighted by Crippen LogP contribution is -2.33. The highest BCUT2D eigenvalue weighted by atomic mass is 16.5. The third kappa shape index (κ3) is 5.23. The van der Waals surface area contributed by atoms with Gasteiger partial charge in [-0.25, -0.2) is 9.97 Å². The van der Waals surface area contributed by atoms with Gasteiger partial charge in [-0.1, -0.05) is 13.0 Å². The molecule has 3 aromatic heterocycles. The molecule has 1 aliphatic carbocycles. The Labute approximate surface area is 221 Å². The van der Waals surface area contributed by atoms with Gasteiger partial charge in [-0.05, 0) is 31.9 Å². The van der Waals surface area contributed by atoms with Gasteiger partial charge in [0.2, 0.25) is 0 Å². The summed E-state index contributed by atoms with van der Waals surface area (Å²) in [5, 5.41) is 15.7. The topological polar surface area (TPSA) is 121 Å². The quantitative estimate of drug-likeness (QED) is 0.268. The van der Waals surface area contributed by atoms with Crippen molar-refractivity contribution in [2.24, 2.45) is 7.05 Å². The van der Waals surface area contributed by atoms with Crippen molar-refractivity contribution in [3.63, 3.8) is 0 Å². The van der Waals surface area contributed by atoms with E-state index < -0.39 is 0 Å². The molecule has 198 valence electrons. The fourth-order valence-corrected chi connectivity index (χ4v) is 4.54. The van der Waals surface area contributed by atoms with Gasteiger partial charge in [0.05, 0.1) is 41.8 Å². The van der Waals surface area contributed by atoms with Gasteiger partial charge >= 0.3 is 0 Å². The summed E-state index contributed by atoms with van der Waals surface area (Å²) in [7, 11) is 3.41. The number of carbonyl (C=O) groups is 1. The number of ketones is 1. The molecule has 0 atom stereocenters. The number of carbonyl (C=O) groups excluding carboxylic acids is 1. The highest BCUT2D eigenvalue weighted by Crippen LogP contribution is 2.38. The number of rotatable bonds is 11. The summed E-state index contributed by atoms with van der Waals surface area (Å²) < 4.78 is 15.0. The highest BCUT2D eigenvalue weighted by Gasteiger charge is 2.31. The lowest BCUT2D eigenvalue weighted by atomic mass is 9.89. The van der Waals surface area contributed by atoms with E-state index in [4.69, 9.17) is 9.47 Å². The molecule has 1 fully saturated rings. The number of nitrogens with zero attached hydrogens (tertiary/aromatic N) is 6. The number of anilines is 4. The lowest BCUT2D eigenvalue weighted by molar-refractivity contribution is -0.0226. The van der Waals surface area contributed by atoms with Crippen LogP contribution in [0.5, 0.6) is 5.75 Å². The van der Waals surface area contributed by atoms with Crippen LogP contribution in [0.3, 0.4) is 0 Å². The summed E-state index contributed by atoms with van der Waals surface area (Å²) >= 11 is 0. The van der Waals surface area contributed by atoms with Crippen molar-refractivity contribution < 1.29 is 14.3 Å². The SMILES string of the molecule is CCOC1CC(n2ccc(Nc3cc(Nc4cccc(-c5ncn(C)n5)c4OC)c(C(=O)CC)cn3)n2)C1. The van der Waals surface area contributed by atoms with Gasteiger partial charge in [-0.15, -0.1) is 0 Å². The molecule has 4 aromatic rings. The smallest absolute Gasteiger partial charge is 0.184 e. The summed E-state index contributed by atoms with van der Waals surface area (Å²) in [5.74, 6) is 2.34. The van der Waals surface area contributed by atoms with Crippen LogP contribution in [0.4, 0.5) is 23.0 Å². The van der Waals surface area contributed by atoms with Crippen LogP contribution in [-0.4, -0.2) is 55.1 Å². The summed E-state index contributed by atoms with van der Waals surface area (Å²) in [6, 6.07) is 9.73. The average molecular weight is 517 g/mol. The van der Waals surface area contributed by atoms with Gasteiger partial charge in [-0.3, -0.25) is 14.2 Å². The Hall–Kier alpha value is -4.25. The normalized spacial score (nSPS) is 16.6. The molecule has 11 heteroatoms. The third-order valence-electron chi connectivity index (χ3n) is 6.57. The lowest BCUT2D eigenvalue weighted by Gasteiger charge is -2.34. The number of ether oxygens (including phenoxy) is 2. The van der Waals surface area contributed by atoms with E-state index in [9.17, 15) is 4.79 Å². The van der Waals surface area contributed by atoms with Crippen molar-refractivity contribution in [1.29, 1.82) is 0 Å². The first kappa shape index (κ1) is 25.4. The number of Topliss-reactive ketones (excluding diaryl/α,β-unsaturated/α-hetero) is 1. The Bertz CT molecular complexity index is 1420. The number of methoxy groups -OCH3 is 1. The second kappa shape index (κ2) is 11.0. The first-order valence-electron chi connectivity index (χ1n) is 12.8. The van der Waals surface area contributed by atoms with E-state index in [-0.39, 0.29) is 5.78 Å². The van der Waals surface area contributed by atoms with Crippen molar-refractivity contribution in [3.05, 3.63) is 54.6 Å². The van der Waals surface area contributed by atoms with Crippen LogP contribution in [-0.2, 0) is 11.8 Å². The largest absolute Gasteiger partial charge is 0.494 e. The molecule has 5 rings (SSSR count). The van der Waals surface area contributed by atoms with Crippen molar-refractivity contribution in [1.82, 2.24) is 29.5 Å². The van der Waals surface area contributed by atoms with Gasteiger partial charge in [0.15, 0.2) is 23.2 Å². The second-order valence-corrected chi connectivity index (χ2v) is 9.15. The summed E-state index contributed by atoms with van der Waals surface area (Å²) in [5.41, 5.74) is 2.51. The molecule has 0 amide bonds. The average Bonchev–Trinajstić information content (AvgIpc) is 3.54. The zero-order valence-corrected chi connectivity index (χ0v) is 22.0. The van der Waals surface area contributed by atoms with Crippen molar-refractivity contribution in [3.8, 4) is 17.1 Å². The van der Waals surface area contributed by atoms with Crippen LogP contribution in [0, 0.1) is 0 Å². The fourth-order valence-electron chi connectivity index (χ4n) is 4.54. The zero-order valence-electron chi connectivity index (χ0n) is 22.0. The minimum absolute atomic E-state index is 0.0221. The van der Waals surface area contributed by atoms with E-state index in [1.54, 1.807) is 24.3 Å². The highest BCUT2D eigenvalue weighted by molar-refractivity contribution is 6.02. The number of pyridine rings is 1. The molecule has 0 unspecified atom stereocenters. The predicted molar refractivity (Wildman–Crippen MR) is 144 cm³/mol. The first-order valence-corrected chi connectivity index (χ1v) is 12.8. The fraction of sp³-hybridized carbons (Fsp3) is 0.370. The minimum atomic E-state index is -0.0221. The van der Waals surface area contributed by atoms with E-state index in [0.29, 0.717) is 58.7 Å². The Balaban J connectivity index is 1.40. The molecule has 1 aliphatic rings. The maximum Gasteiger partial charge on any atom is 0.184 e. The van der Waals surface area contributed by atoms with E-state index in [1.165, 1.54) is 0 Å². The number of aromatic nitrogens is 6. The molecule has 0 radical (unpaired) electrons. The van der Waals surface area contributed by atoms with Crippen molar-refractivity contribution >= 4 is 28.8 Å². The van der Waals surface area contributed by atoms with Crippen molar-refractivity contribution in [2.45, 2.75) is 45.3 Å². The molecular formula is C27H32N8O3. The molecule has 0 saturated heterocycles. The summed E-state index contributed by atoms with van der Waals surface area (Å²) in [6.07, 6.45) is 7.78. The number of nitrogens with one attached hydrogen (secondary N) is 2. The van der Waals surface area contributed by atoms with Crippen molar-refractivity contribution in [2.75, 3.05) is 24.4 Å². The Morgan fingerprint density at radius 2 is 1.92 bits per heavy atom. The maximum absolute atomic E-state index is 12.8. The van der Waals surface area contributed by atoms with Gasteiger partial charge in [0.1, 0.15) is 12.1 Å².